The van der Waals surface area contributed by atoms with Gasteiger partial charge < -0.3 is 9.88 Å². The first-order valence-corrected chi connectivity index (χ1v) is 8.39. The smallest absolute Gasteiger partial charge is 0.255 e. The molecule has 3 heteroatoms. The van der Waals surface area contributed by atoms with Gasteiger partial charge in [-0.3, -0.25) is 4.79 Å². The average Bonchev–Trinajstić information content (AvgIpc) is 3.01. The predicted octanol–water partition coefficient (Wildman–Crippen LogP) is 4.82. The van der Waals surface area contributed by atoms with Gasteiger partial charge in [0.1, 0.15) is 0 Å². The molecule has 0 radical (unpaired) electrons. The first-order chi connectivity index (χ1) is 11.4. The van der Waals surface area contributed by atoms with Gasteiger partial charge in [0.25, 0.3) is 5.91 Å². The monoisotopic (exact) mass is 318 g/mol. The zero-order valence-corrected chi connectivity index (χ0v) is 14.6. The maximum atomic E-state index is 13.1. The fourth-order valence-corrected chi connectivity index (χ4v) is 3.94. The van der Waals surface area contributed by atoms with Crippen molar-refractivity contribution in [3.63, 3.8) is 0 Å². The molecular weight excluding hydrogens is 296 g/mol. The summed E-state index contributed by atoms with van der Waals surface area (Å²) in [4.78, 5) is 18.6. The lowest BCUT2D eigenvalue weighted by molar-refractivity contribution is 0.0553. The van der Waals surface area contributed by atoms with Gasteiger partial charge in [-0.25, -0.2) is 0 Å². The molecule has 0 saturated heterocycles. The molecule has 1 aromatic heterocycles. The number of aryl methyl sites for hydroxylation is 1. The molecule has 2 heterocycles. The van der Waals surface area contributed by atoms with Crippen molar-refractivity contribution in [1.82, 2.24) is 9.88 Å². The molecule has 0 unspecified atom stereocenters. The van der Waals surface area contributed by atoms with Crippen molar-refractivity contribution in [2.24, 2.45) is 0 Å². The van der Waals surface area contributed by atoms with Crippen LogP contribution in [0.2, 0.25) is 0 Å². The van der Waals surface area contributed by atoms with E-state index in [0.29, 0.717) is 0 Å². The van der Waals surface area contributed by atoms with Crippen LogP contribution in [0.3, 0.4) is 0 Å². The van der Waals surface area contributed by atoms with Crippen molar-refractivity contribution in [3.8, 4) is 0 Å². The van der Waals surface area contributed by atoms with E-state index >= 15 is 0 Å². The summed E-state index contributed by atoms with van der Waals surface area (Å²) < 4.78 is 0. The second kappa shape index (κ2) is 4.97. The van der Waals surface area contributed by atoms with E-state index < -0.39 is 0 Å². The number of aromatic nitrogens is 1. The maximum Gasteiger partial charge on any atom is 0.255 e. The van der Waals surface area contributed by atoms with Crippen LogP contribution >= 0.6 is 0 Å². The zero-order valence-electron chi connectivity index (χ0n) is 14.6. The topological polar surface area (TPSA) is 36.1 Å². The molecule has 3 nitrogen and oxygen atoms in total. The molecular formula is C21H22N2O. The lowest BCUT2D eigenvalue weighted by atomic mass is 9.93. The number of nitrogens with zero attached hydrogens (tertiary/aromatic N) is 1. The number of amides is 1. The highest BCUT2D eigenvalue weighted by Crippen LogP contribution is 2.45. The SMILES string of the molecule is Cc1[nH]c2ccccc2c1[C@H]1c2ccccc2C(=O)N1C(C)(C)C. The number of aromatic amines is 1. The molecule has 24 heavy (non-hydrogen) atoms. The Hall–Kier alpha value is -2.55. The lowest BCUT2D eigenvalue weighted by Crippen LogP contribution is -2.44. The quantitative estimate of drug-likeness (QED) is 0.686. The number of carbonyl (C=O) groups excluding carboxylic acids is 1. The van der Waals surface area contributed by atoms with Crippen molar-refractivity contribution in [2.45, 2.75) is 39.3 Å². The van der Waals surface area contributed by atoms with Gasteiger partial charge >= 0.3 is 0 Å². The summed E-state index contributed by atoms with van der Waals surface area (Å²) in [5, 5.41) is 1.19. The number of fused-ring (bicyclic) bond motifs is 2. The third kappa shape index (κ3) is 2.01. The molecule has 1 amide bonds. The molecule has 1 atom stereocenters. The Morgan fingerprint density at radius 2 is 1.67 bits per heavy atom. The normalized spacial score (nSPS) is 17.6. The van der Waals surface area contributed by atoms with Crippen molar-refractivity contribution >= 4 is 16.8 Å². The summed E-state index contributed by atoms with van der Waals surface area (Å²) in [5.41, 5.74) is 5.12. The van der Waals surface area contributed by atoms with Gasteiger partial charge in [0.15, 0.2) is 0 Å². The Bertz CT molecular complexity index is 946. The van der Waals surface area contributed by atoms with E-state index in [4.69, 9.17) is 0 Å². The van der Waals surface area contributed by atoms with Crippen LogP contribution < -0.4 is 0 Å². The molecule has 122 valence electrons. The first-order valence-electron chi connectivity index (χ1n) is 8.39. The maximum absolute atomic E-state index is 13.1. The Morgan fingerprint density at radius 1 is 1.00 bits per heavy atom. The van der Waals surface area contributed by atoms with E-state index in [0.717, 1.165) is 22.3 Å². The number of rotatable bonds is 1. The van der Waals surface area contributed by atoms with Gasteiger partial charge in [-0.05, 0) is 45.4 Å². The third-order valence-electron chi connectivity index (χ3n) is 4.90. The highest BCUT2D eigenvalue weighted by atomic mass is 16.2. The molecule has 0 saturated carbocycles. The van der Waals surface area contributed by atoms with Crippen molar-refractivity contribution in [2.75, 3.05) is 0 Å². The number of benzene rings is 2. The molecule has 1 N–H and O–H groups in total. The second-order valence-electron chi connectivity index (χ2n) is 7.55. The summed E-state index contributed by atoms with van der Waals surface area (Å²) in [6.45, 7) is 8.41. The van der Waals surface area contributed by atoms with Gasteiger partial charge in [-0.15, -0.1) is 0 Å². The van der Waals surface area contributed by atoms with Crippen LogP contribution in [0.25, 0.3) is 10.9 Å². The number of hydrogen-bond acceptors (Lipinski definition) is 1. The number of hydrogen-bond donors (Lipinski definition) is 1. The highest BCUT2D eigenvalue weighted by Gasteiger charge is 2.44. The van der Waals surface area contributed by atoms with E-state index in [1.807, 2.05) is 29.2 Å². The highest BCUT2D eigenvalue weighted by molar-refractivity contribution is 6.01. The minimum Gasteiger partial charge on any atom is -0.358 e. The predicted molar refractivity (Wildman–Crippen MR) is 97.2 cm³/mol. The standard InChI is InChI=1S/C21H22N2O/c1-13-18(16-11-7-8-12-17(16)22-13)19-14-9-5-6-10-15(14)20(24)23(19)21(2,3)4/h5-12,19,22H,1-4H3/t19-/m1/s1. The van der Waals surface area contributed by atoms with Crippen LogP contribution in [0.15, 0.2) is 48.5 Å². The number of H-pyrrole nitrogens is 1. The fraction of sp³-hybridized carbons (Fsp3) is 0.286. The molecule has 1 aliphatic rings. The summed E-state index contributed by atoms with van der Waals surface area (Å²) in [6, 6.07) is 16.3. The minimum absolute atomic E-state index is 0.0511. The van der Waals surface area contributed by atoms with Gasteiger partial charge in [-0.1, -0.05) is 36.4 Å². The van der Waals surface area contributed by atoms with Crippen molar-refractivity contribution in [1.29, 1.82) is 0 Å². The largest absolute Gasteiger partial charge is 0.358 e. The molecule has 4 rings (SSSR count). The molecule has 0 bridgehead atoms. The lowest BCUT2D eigenvalue weighted by Gasteiger charge is -2.37. The number of para-hydroxylation sites is 1. The van der Waals surface area contributed by atoms with Crippen LogP contribution in [0, 0.1) is 6.92 Å². The zero-order chi connectivity index (χ0) is 17.1. The van der Waals surface area contributed by atoms with E-state index in [9.17, 15) is 4.79 Å². The van der Waals surface area contributed by atoms with E-state index in [2.05, 4.69) is 56.9 Å². The van der Waals surface area contributed by atoms with E-state index in [1.165, 1.54) is 10.9 Å². The summed E-state index contributed by atoms with van der Waals surface area (Å²) in [5.74, 6) is 0.118. The Kier molecular flexibility index (Phi) is 3.11. The van der Waals surface area contributed by atoms with Gasteiger partial charge in [0.2, 0.25) is 0 Å². The van der Waals surface area contributed by atoms with Gasteiger partial charge in [-0.2, -0.15) is 0 Å². The van der Waals surface area contributed by atoms with Crippen LogP contribution in [0.1, 0.15) is 54.0 Å². The number of carbonyl (C=O) groups is 1. The third-order valence-corrected chi connectivity index (χ3v) is 4.90. The summed E-state index contributed by atoms with van der Waals surface area (Å²) >= 11 is 0. The molecule has 0 spiro atoms. The van der Waals surface area contributed by atoms with E-state index in [-0.39, 0.29) is 17.5 Å². The van der Waals surface area contributed by atoms with Gasteiger partial charge in [0.05, 0.1) is 6.04 Å². The molecule has 3 aromatic rings. The van der Waals surface area contributed by atoms with Gasteiger partial charge in [0, 0.05) is 33.3 Å². The molecule has 1 aliphatic heterocycles. The summed E-state index contributed by atoms with van der Waals surface area (Å²) in [7, 11) is 0. The Balaban J connectivity index is 2.03. The Labute approximate surface area is 142 Å². The average molecular weight is 318 g/mol. The summed E-state index contributed by atoms with van der Waals surface area (Å²) in [6.07, 6.45) is 0. The van der Waals surface area contributed by atoms with Crippen LogP contribution in [-0.4, -0.2) is 21.3 Å². The first kappa shape index (κ1) is 15.0. The van der Waals surface area contributed by atoms with E-state index in [1.54, 1.807) is 0 Å². The molecule has 2 aromatic carbocycles. The van der Waals surface area contributed by atoms with Crippen LogP contribution in [-0.2, 0) is 0 Å². The number of nitrogens with one attached hydrogen (secondary N) is 1. The van der Waals surface area contributed by atoms with Crippen LogP contribution in [0.5, 0.6) is 0 Å². The minimum atomic E-state index is -0.258. The fourth-order valence-electron chi connectivity index (χ4n) is 3.94. The molecule has 0 aliphatic carbocycles. The van der Waals surface area contributed by atoms with Crippen molar-refractivity contribution < 1.29 is 4.79 Å². The second-order valence-corrected chi connectivity index (χ2v) is 7.55. The Morgan fingerprint density at radius 3 is 2.42 bits per heavy atom. The van der Waals surface area contributed by atoms with Crippen molar-refractivity contribution in [3.05, 3.63) is 70.9 Å². The molecule has 0 fully saturated rings. The van der Waals surface area contributed by atoms with Crippen LogP contribution in [0.4, 0.5) is 0 Å².